The summed E-state index contributed by atoms with van der Waals surface area (Å²) in [7, 11) is 1.12. The molecule has 0 aliphatic rings. The predicted molar refractivity (Wildman–Crippen MR) is 49.7 cm³/mol. The molecule has 0 fully saturated rings. The Morgan fingerprint density at radius 2 is 2.18 bits per heavy atom. The molecule has 0 atom stereocenters. The number of carbonyl (C=O) groups is 1. The standard InChI is InChI=1S/C10H7F3N2O2/c1-17-8(16)4-7-3-2-6(5-14)9(15-7)10(11,12)13/h2-3H,4H2,1H3. The number of hydrogen-bond donors (Lipinski definition) is 0. The van der Waals surface area contributed by atoms with Gasteiger partial charge in [-0.25, -0.2) is 4.98 Å². The van der Waals surface area contributed by atoms with Crippen molar-refractivity contribution in [1.82, 2.24) is 4.98 Å². The van der Waals surface area contributed by atoms with Crippen molar-refractivity contribution in [2.75, 3.05) is 7.11 Å². The molecule has 0 spiro atoms. The topological polar surface area (TPSA) is 63.0 Å². The van der Waals surface area contributed by atoms with Gasteiger partial charge in [0.15, 0.2) is 5.69 Å². The molecule has 0 aliphatic heterocycles. The van der Waals surface area contributed by atoms with Gasteiger partial charge in [-0.05, 0) is 12.1 Å². The van der Waals surface area contributed by atoms with E-state index in [-0.39, 0.29) is 12.1 Å². The van der Waals surface area contributed by atoms with Gasteiger partial charge in [0.05, 0.1) is 24.8 Å². The third-order valence-electron chi connectivity index (χ3n) is 1.90. The molecule has 90 valence electrons. The van der Waals surface area contributed by atoms with Gasteiger partial charge < -0.3 is 4.74 Å². The normalized spacial score (nSPS) is 10.8. The number of esters is 1. The number of aromatic nitrogens is 1. The number of ether oxygens (including phenoxy) is 1. The van der Waals surface area contributed by atoms with E-state index in [0.29, 0.717) is 0 Å². The molecular weight excluding hydrogens is 237 g/mol. The fraction of sp³-hybridized carbons (Fsp3) is 0.300. The van der Waals surface area contributed by atoms with E-state index < -0.39 is 23.4 Å². The lowest BCUT2D eigenvalue weighted by molar-refractivity contribution is -0.143. The van der Waals surface area contributed by atoms with Crippen LogP contribution in [0.5, 0.6) is 0 Å². The van der Waals surface area contributed by atoms with E-state index >= 15 is 0 Å². The van der Waals surface area contributed by atoms with Gasteiger partial charge in [-0.3, -0.25) is 4.79 Å². The predicted octanol–water partition coefficient (Wildman–Crippen LogP) is 1.69. The van der Waals surface area contributed by atoms with Gasteiger partial charge in [0.2, 0.25) is 0 Å². The second kappa shape index (κ2) is 4.82. The minimum atomic E-state index is -4.73. The fourth-order valence-electron chi connectivity index (χ4n) is 1.12. The van der Waals surface area contributed by atoms with E-state index in [9.17, 15) is 18.0 Å². The molecular formula is C10H7F3N2O2. The maximum atomic E-state index is 12.5. The highest BCUT2D eigenvalue weighted by atomic mass is 19.4. The van der Waals surface area contributed by atoms with Crippen LogP contribution in [0.15, 0.2) is 12.1 Å². The molecule has 4 nitrogen and oxygen atoms in total. The van der Waals surface area contributed by atoms with Gasteiger partial charge in [-0.15, -0.1) is 0 Å². The van der Waals surface area contributed by atoms with E-state index in [1.807, 2.05) is 0 Å². The summed E-state index contributed by atoms with van der Waals surface area (Å²) in [5.41, 5.74) is -1.96. The SMILES string of the molecule is COC(=O)Cc1ccc(C#N)c(C(F)(F)F)n1. The molecule has 1 aromatic rings. The Morgan fingerprint density at radius 1 is 1.53 bits per heavy atom. The minimum absolute atomic E-state index is 0.0943. The molecule has 1 rings (SSSR count). The van der Waals surface area contributed by atoms with Crippen LogP contribution in [0.1, 0.15) is 17.0 Å². The Hall–Kier alpha value is -2.10. The average molecular weight is 244 g/mol. The molecule has 1 heterocycles. The number of nitriles is 1. The molecule has 0 unspecified atom stereocenters. The molecule has 0 amide bonds. The quantitative estimate of drug-likeness (QED) is 0.742. The highest BCUT2D eigenvalue weighted by Crippen LogP contribution is 2.30. The average Bonchev–Trinajstić information content (AvgIpc) is 2.27. The zero-order valence-electron chi connectivity index (χ0n) is 8.71. The van der Waals surface area contributed by atoms with E-state index in [4.69, 9.17) is 5.26 Å². The lowest BCUT2D eigenvalue weighted by Crippen LogP contribution is -2.14. The Bertz CT molecular complexity index is 477. The second-order valence-corrected chi connectivity index (χ2v) is 3.06. The minimum Gasteiger partial charge on any atom is -0.469 e. The van der Waals surface area contributed by atoms with Crippen LogP contribution in [0.3, 0.4) is 0 Å². The zero-order valence-corrected chi connectivity index (χ0v) is 8.71. The van der Waals surface area contributed by atoms with Crippen molar-refractivity contribution in [2.45, 2.75) is 12.6 Å². The maximum Gasteiger partial charge on any atom is 0.434 e. The van der Waals surface area contributed by atoms with Gasteiger partial charge in [0.1, 0.15) is 6.07 Å². The van der Waals surface area contributed by atoms with Crippen LogP contribution in [0, 0.1) is 11.3 Å². The van der Waals surface area contributed by atoms with Crippen molar-refractivity contribution in [3.8, 4) is 6.07 Å². The summed E-state index contributed by atoms with van der Waals surface area (Å²) in [6.07, 6.45) is -5.09. The van der Waals surface area contributed by atoms with Crippen molar-refractivity contribution in [3.05, 3.63) is 29.1 Å². The highest BCUT2D eigenvalue weighted by molar-refractivity contribution is 5.71. The van der Waals surface area contributed by atoms with Crippen LogP contribution >= 0.6 is 0 Å². The summed E-state index contributed by atoms with van der Waals surface area (Å²) in [5.74, 6) is -0.699. The summed E-state index contributed by atoms with van der Waals surface area (Å²) >= 11 is 0. The molecule has 0 radical (unpaired) electrons. The molecule has 0 aliphatic carbocycles. The number of rotatable bonds is 2. The first-order chi connectivity index (χ1) is 7.88. The third-order valence-corrected chi connectivity index (χ3v) is 1.90. The first-order valence-corrected chi connectivity index (χ1v) is 4.42. The van der Waals surface area contributed by atoms with Gasteiger partial charge >= 0.3 is 12.1 Å². The number of alkyl halides is 3. The van der Waals surface area contributed by atoms with E-state index in [1.54, 1.807) is 0 Å². The maximum absolute atomic E-state index is 12.5. The van der Waals surface area contributed by atoms with Crippen LogP contribution in [0.4, 0.5) is 13.2 Å². The van der Waals surface area contributed by atoms with Gasteiger partial charge in [0.25, 0.3) is 0 Å². The molecule has 0 N–H and O–H groups in total. The van der Waals surface area contributed by atoms with Crippen molar-refractivity contribution >= 4 is 5.97 Å². The number of nitrogens with zero attached hydrogens (tertiary/aromatic N) is 2. The molecule has 0 saturated carbocycles. The van der Waals surface area contributed by atoms with Crippen molar-refractivity contribution in [2.24, 2.45) is 0 Å². The Balaban J connectivity index is 3.15. The van der Waals surface area contributed by atoms with E-state index in [1.165, 1.54) is 12.1 Å². The Kier molecular flexibility index (Phi) is 3.68. The lowest BCUT2D eigenvalue weighted by Gasteiger charge is -2.09. The van der Waals surface area contributed by atoms with Crippen molar-refractivity contribution in [3.63, 3.8) is 0 Å². The van der Waals surface area contributed by atoms with E-state index in [0.717, 1.165) is 13.2 Å². The summed E-state index contributed by atoms with van der Waals surface area (Å²) < 4.78 is 41.8. The molecule has 17 heavy (non-hydrogen) atoms. The van der Waals surface area contributed by atoms with Gasteiger partial charge in [-0.2, -0.15) is 18.4 Å². The van der Waals surface area contributed by atoms with Gasteiger partial charge in [-0.1, -0.05) is 0 Å². The van der Waals surface area contributed by atoms with Crippen LogP contribution in [-0.4, -0.2) is 18.1 Å². The van der Waals surface area contributed by atoms with Crippen LogP contribution < -0.4 is 0 Å². The first-order valence-electron chi connectivity index (χ1n) is 4.42. The molecule has 0 bridgehead atoms. The second-order valence-electron chi connectivity index (χ2n) is 3.06. The number of carbonyl (C=O) groups excluding carboxylic acids is 1. The van der Waals surface area contributed by atoms with Crippen LogP contribution in [-0.2, 0) is 22.1 Å². The number of pyridine rings is 1. The molecule has 0 aromatic carbocycles. The first kappa shape index (κ1) is 13.0. The Labute approximate surface area is 94.6 Å². The fourth-order valence-corrected chi connectivity index (χ4v) is 1.12. The largest absolute Gasteiger partial charge is 0.469 e. The third kappa shape index (κ3) is 3.17. The van der Waals surface area contributed by atoms with Gasteiger partial charge in [0, 0.05) is 0 Å². The van der Waals surface area contributed by atoms with Crippen LogP contribution in [0.2, 0.25) is 0 Å². The van der Waals surface area contributed by atoms with Crippen molar-refractivity contribution in [1.29, 1.82) is 5.26 Å². The lowest BCUT2D eigenvalue weighted by atomic mass is 10.1. The summed E-state index contributed by atoms with van der Waals surface area (Å²) in [6.45, 7) is 0. The number of hydrogen-bond acceptors (Lipinski definition) is 4. The van der Waals surface area contributed by atoms with Crippen molar-refractivity contribution < 1.29 is 22.7 Å². The zero-order chi connectivity index (χ0) is 13.1. The number of methoxy groups -OCH3 is 1. The summed E-state index contributed by atoms with van der Waals surface area (Å²) in [6, 6.07) is 3.56. The highest BCUT2D eigenvalue weighted by Gasteiger charge is 2.36. The van der Waals surface area contributed by atoms with E-state index in [2.05, 4.69) is 9.72 Å². The molecule has 7 heteroatoms. The summed E-state index contributed by atoms with van der Waals surface area (Å²) in [4.78, 5) is 14.1. The smallest absolute Gasteiger partial charge is 0.434 e. The summed E-state index contributed by atoms with van der Waals surface area (Å²) in [5, 5.41) is 8.52. The molecule has 0 saturated heterocycles. The monoisotopic (exact) mass is 244 g/mol. The Morgan fingerprint density at radius 3 is 2.65 bits per heavy atom. The van der Waals surface area contributed by atoms with Crippen LogP contribution in [0.25, 0.3) is 0 Å². The number of halogens is 3. The molecule has 1 aromatic heterocycles.